The largest absolute Gasteiger partial charge is 0.493 e. The first-order chi connectivity index (χ1) is 19.7. The Hall–Kier alpha value is -4.87. The normalized spacial score (nSPS) is 13.5. The zero-order valence-electron chi connectivity index (χ0n) is 22.4. The molecule has 41 heavy (non-hydrogen) atoms. The number of nitrogens with zero attached hydrogens (tertiary/aromatic N) is 6. The van der Waals surface area contributed by atoms with E-state index in [0.29, 0.717) is 63.3 Å². The van der Waals surface area contributed by atoms with Gasteiger partial charge in [-0.15, -0.1) is 0 Å². The number of pyridine rings is 1. The van der Waals surface area contributed by atoms with Crippen LogP contribution >= 0.6 is 0 Å². The number of aromatic nitrogens is 5. The van der Waals surface area contributed by atoms with Gasteiger partial charge in [-0.3, -0.25) is 14.5 Å². The van der Waals surface area contributed by atoms with E-state index in [0.717, 1.165) is 4.68 Å². The van der Waals surface area contributed by atoms with Crippen LogP contribution in [0.3, 0.4) is 0 Å². The fourth-order valence-electron chi connectivity index (χ4n) is 5.40. The van der Waals surface area contributed by atoms with Crippen molar-refractivity contribution in [1.82, 2.24) is 24.3 Å². The van der Waals surface area contributed by atoms with Crippen LogP contribution < -0.4 is 14.4 Å². The van der Waals surface area contributed by atoms with Crippen LogP contribution in [0.1, 0.15) is 27.2 Å². The molecule has 5 aromatic rings. The van der Waals surface area contributed by atoms with Crippen molar-refractivity contribution in [3.05, 3.63) is 83.8 Å². The number of alkyl halides is 3. The molecular formula is C29H25F3N6O3. The molecule has 0 radical (unpaired) electrons. The smallest absolute Gasteiger partial charge is 0.435 e. The van der Waals surface area contributed by atoms with E-state index in [9.17, 15) is 18.0 Å². The summed E-state index contributed by atoms with van der Waals surface area (Å²) in [5, 5.41) is 4.39. The molecule has 0 spiro atoms. The summed E-state index contributed by atoms with van der Waals surface area (Å²) in [5.41, 5.74) is 2.08. The summed E-state index contributed by atoms with van der Waals surface area (Å²) in [5.74, 6) is 0.672. The number of aryl methyl sites for hydroxylation is 1. The molecule has 1 aliphatic heterocycles. The standard InChI is InChI=1S/C29H25F3N6O3/c1-36-15-22(27(35-36)29(30,31)32)19-10-17(14-37-9-7-33-16-37)11-20-18(19)5-8-38(28(20)39)24-4-6-34-23-13-26(41-3)25(40-2)12-21(23)24/h4,6-7,9-13,15-16H,5,8,14H2,1-3H3. The summed E-state index contributed by atoms with van der Waals surface area (Å²) in [6.07, 6.45) is 3.62. The van der Waals surface area contributed by atoms with E-state index in [2.05, 4.69) is 15.1 Å². The van der Waals surface area contributed by atoms with Crippen molar-refractivity contribution in [2.75, 3.05) is 25.7 Å². The van der Waals surface area contributed by atoms with Gasteiger partial charge in [-0.1, -0.05) is 0 Å². The summed E-state index contributed by atoms with van der Waals surface area (Å²) in [7, 11) is 4.51. The second kappa shape index (κ2) is 9.95. The molecule has 0 aliphatic carbocycles. The van der Waals surface area contributed by atoms with Crippen LogP contribution in [-0.2, 0) is 26.2 Å². The third kappa shape index (κ3) is 4.64. The molecule has 4 heterocycles. The van der Waals surface area contributed by atoms with Crippen LogP contribution in [0.15, 0.2) is 61.4 Å². The Balaban J connectivity index is 1.51. The van der Waals surface area contributed by atoms with Gasteiger partial charge in [0.1, 0.15) is 0 Å². The van der Waals surface area contributed by atoms with Gasteiger partial charge < -0.3 is 18.9 Å². The van der Waals surface area contributed by atoms with E-state index in [1.54, 1.807) is 64.7 Å². The lowest BCUT2D eigenvalue weighted by Gasteiger charge is -2.31. The molecule has 3 aromatic heterocycles. The van der Waals surface area contributed by atoms with Gasteiger partial charge in [-0.25, -0.2) is 4.98 Å². The molecule has 6 rings (SSSR count). The number of halogens is 3. The minimum atomic E-state index is -4.66. The number of rotatable bonds is 6. The van der Waals surface area contributed by atoms with Crippen molar-refractivity contribution in [1.29, 1.82) is 0 Å². The summed E-state index contributed by atoms with van der Waals surface area (Å²) in [6, 6.07) is 8.72. The van der Waals surface area contributed by atoms with Crippen LogP contribution in [0.5, 0.6) is 11.5 Å². The molecule has 0 saturated carbocycles. The van der Waals surface area contributed by atoms with Crippen LogP contribution in [0.25, 0.3) is 22.0 Å². The van der Waals surface area contributed by atoms with Crippen molar-refractivity contribution in [3.63, 3.8) is 0 Å². The Bertz CT molecular complexity index is 1780. The van der Waals surface area contributed by atoms with Crippen molar-refractivity contribution in [2.45, 2.75) is 19.1 Å². The van der Waals surface area contributed by atoms with Gasteiger partial charge in [0.25, 0.3) is 5.91 Å². The Labute approximate surface area is 232 Å². The zero-order valence-corrected chi connectivity index (χ0v) is 22.4. The number of hydrogen-bond donors (Lipinski definition) is 0. The van der Waals surface area contributed by atoms with Gasteiger partial charge >= 0.3 is 6.18 Å². The predicted octanol–water partition coefficient (Wildman–Crippen LogP) is 5.12. The number of carbonyl (C=O) groups excluding carboxylic acids is 1. The first-order valence-corrected chi connectivity index (χ1v) is 12.7. The quantitative estimate of drug-likeness (QED) is 0.286. The van der Waals surface area contributed by atoms with Crippen molar-refractivity contribution in [2.24, 2.45) is 7.05 Å². The number of carbonyl (C=O) groups is 1. The third-order valence-electron chi connectivity index (χ3n) is 7.20. The summed E-state index contributed by atoms with van der Waals surface area (Å²) < 4.78 is 55.9. The molecule has 0 unspecified atom stereocenters. The Morgan fingerprint density at radius 1 is 1.00 bits per heavy atom. The predicted molar refractivity (Wildman–Crippen MR) is 145 cm³/mol. The van der Waals surface area contributed by atoms with Gasteiger partial charge in [0.05, 0.1) is 31.8 Å². The second-order valence-electron chi connectivity index (χ2n) is 9.73. The van der Waals surface area contributed by atoms with Gasteiger partial charge in [-0.05, 0) is 47.4 Å². The van der Waals surface area contributed by atoms with E-state index in [-0.39, 0.29) is 18.0 Å². The van der Waals surface area contributed by atoms with Crippen LogP contribution in [-0.4, -0.2) is 51.0 Å². The molecular weight excluding hydrogens is 537 g/mol. The minimum Gasteiger partial charge on any atom is -0.493 e. The highest BCUT2D eigenvalue weighted by Gasteiger charge is 2.39. The summed E-state index contributed by atoms with van der Waals surface area (Å²) in [6.45, 7) is 0.582. The van der Waals surface area contributed by atoms with Crippen molar-refractivity contribution >= 4 is 22.5 Å². The first kappa shape index (κ1) is 26.4. The first-order valence-electron chi connectivity index (χ1n) is 12.7. The zero-order chi connectivity index (χ0) is 28.9. The van der Waals surface area contributed by atoms with E-state index in [1.807, 2.05) is 0 Å². The maximum atomic E-state index is 14.2. The van der Waals surface area contributed by atoms with Crippen LogP contribution in [0.4, 0.5) is 18.9 Å². The molecule has 2 aromatic carbocycles. The highest BCUT2D eigenvalue weighted by Crippen LogP contribution is 2.42. The third-order valence-corrected chi connectivity index (χ3v) is 7.20. The number of ether oxygens (including phenoxy) is 2. The molecule has 9 nitrogen and oxygen atoms in total. The number of imidazole rings is 1. The van der Waals surface area contributed by atoms with E-state index >= 15 is 0 Å². The fourth-order valence-corrected chi connectivity index (χ4v) is 5.40. The Morgan fingerprint density at radius 2 is 1.76 bits per heavy atom. The highest BCUT2D eigenvalue weighted by atomic mass is 19.4. The summed E-state index contributed by atoms with van der Waals surface area (Å²) >= 11 is 0. The molecule has 0 fully saturated rings. The molecule has 0 saturated heterocycles. The second-order valence-corrected chi connectivity index (χ2v) is 9.73. The number of anilines is 1. The average Bonchev–Trinajstić information content (AvgIpc) is 3.61. The fraction of sp³-hybridized carbons (Fsp3) is 0.241. The summed E-state index contributed by atoms with van der Waals surface area (Å²) in [4.78, 5) is 24.3. The van der Waals surface area contributed by atoms with Crippen LogP contribution in [0, 0.1) is 0 Å². The lowest BCUT2D eigenvalue weighted by atomic mass is 9.88. The van der Waals surface area contributed by atoms with E-state index < -0.39 is 11.9 Å². The number of methoxy groups -OCH3 is 2. The van der Waals surface area contributed by atoms with Crippen LogP contribution in [0.2, 0.25) is 0 Å². The number of hydrogen-bond acceptors (Lipinski definition) is 6. The monoisotopic (exact) mass is 562 g/mol. The highest BCUT2D eigenvalue weighted by molar-refractivity contribution is 6.13. The lowest BCUT2D eigenvalue weighted by molar-refractivity contribution is -0.140. The number of amides is 1. The molecule has 1 aliphatic rings. The lowest BCUT2D eigenvalue weighted by Crippen LogP contribution is -2.38. The molecule has 0 atom stereocenters. The number of benzene rings is 2. The van der Waals surface area contributed by atoms with E-state index in [4.69, 9.17) is 9.47 Å². The molecule has 210 valence electrons. The van der Waals surface area contributed by atoms with Crippen molar-refractivity contribution < 1.29 is 27.4 Å². The van der Waals surface area contributed by atoms with Gasteiger partial charge in [-0.2, -0.15) is 18.3 Å². The topological polar surface area (TPSA) is 87.3 Å². The molecule has 1 amide bonds. The van der Waals surface area contributed by atoms with Gasteiger partial charge in [0.15, 0.2) is 17.2 Å². The van der Waals surface area contributed by atoms with Crippen molar-refractivity contribution in [3.8, 4) is 22.6 Å². The maximum absolute atomic E-state index is 14.2. The molecule has 12 heteroatoms. The number of fused-ring (bicyclic) bond motifs is 2. The average molecular weight is 563 g/mol. The maximum Gasteiger partial charge on any atom is 0.435 e. The van der Waals surface area contributed by atoms with Gasteiger partial charge in [0.2, 0.25) is 0 Å². The molecule has 0 bridgehead atoms. The SMILES string of the molecule is COc1cc2nccc(N3CCc4c(cc(Cn5ccnc5)cc4-c4cn(C)nc4C(F)(F)F)C3=O)c2cc1OC. The van der Waals surface area contributed by atoms with E-state index in [1.165, 1.54) is 27.5 Å². The van der Waals surface area contributed by atoms with Gasteiger partial charge in [0, 0.05) is 67.5 Å². The Kier molecular flexibility index (Phi) is 6.40. The Morgan fingerprint density at radius 3 is 2.46 bits per heavy atom. The molecule has 0 N–H and O–H groups in total. The minimum absolute atomic E-state index is 0.0591.